The van der Waals surface area contributed by atoms with Crippen molar-refractivity contribution in [1.29, 1.82) is 0 Å². The van der Waals surface area contributed by atoms with Crippen LogP contribution in [-0.4, -0.2) is 55.4 Å². The van der Waals surface area contributed by atoms with E-state index in [-0.39, 0.29) is 18.9 Å². The molecule has 4 rings (SSSR count). The Morgan fingerprint density at radius 2 is 1.44 bits per heavy atom. The van der Waals surface area contributed by atoms with Crippen molar-refractivity contribution in [3.63, 3.8) is 0 Å². The van der Waals surface area contributed by atoms with Crippen molar-refractivity contribution in [2.45, 2.75) is 43.7 Å². The molecule has 0 radical (unpaired) electrons. The van der Waals surface area contributed by atoms with E-state index in [9.17, 15) is 19.5 Å². The number of rotatable bonds is 13. The van der Waals surface area contributed by atoms with Gasteiger partial charge >= 0.3 is 12.1 Å². The number of carbonyl (C=O) groups excluding carboxylic acids is 2. The molecule has 3 aromatic rings. The highest BCUT2D eigenvalue weighted by Gasteiger charge is 2.31. The lowest BCUT2D eigenvalue weighted by Gasteiger charge is -2.22. The van der Waals surface area contributed by atoms with E-state index < -0.39 is 30.1 Å². The fraction of sp³-hybridized carbons (Fsp3) is 0.323. The molecule has 3 aromatic carbocycles. The molecule has 39 heavy (non-hydrogen) atoms. The summed E-state index contributed by atoms with van der Waals surface area (Å²) in [6.45, 7) is 0.878. The van der Waals surface area contributed by atoms with Crippen LogP contribution in [0, 0.1) is 0 Å². The maximum atomic E-state index is 13.2. The Labute approximate surface area is 228 Å². The minimum atomic E-state index is -1.10. The van der Waals surface area contributed by atoms with Crippen molar-refractivity contribution < 1.29 is 24.2 Å². The highest BCUT2D eigenvalue weighted by Crippen LogP contribution is 2.44. The molecule has 0 aliphatic heterocycles. The summed E-state index contributed by atoms with van der Waals surface area (Å²) in [6, 6.07) is 23.3. The number of carboxylic acids is 1. The zero-order valence-corrected chi connectivity index (χ0v) is 22.1. The minimum absolute atomic E-state index is 0.112. The van der Waals surface area contributed by atoms with Crippen molar-refractivity contribution in [3.8, 4) is 11.1 Å². The number of unbranched alkanes of at least 4 members (excludes halogenated alkanes) is 1. The van der Waals surface area contributed by atoms with Crippen LogP contribution in [0.15, 0.2) is 78.9 Å². The first-order valence-electron chi connectivity index (χ1n) is 13.3. The van der Waals surface area contributed by atoms with Crippen molar-refractivity contribution in [2.24, 2.45) is 0 Å². The number of fused-ring (bicyclic) bond motifs is 3. The van der Waals surface area contributed by atoms with E-state index in [4.69, 9.17) is 4.74 Å². The smallest absolute Gasteiger partial charge is 0.407 e. The van der Waals surface area contributed by atoms with Crippen molar-refractivity contribution in [1.82, 2.24) is 16.0 Å². The summed E-state index contributed by atoms with van der Waals surface area (Å²) >= 11 is 0. The molecule has 0 unspecified atom stereocenters. The molecule has 0 bridgehead atoms. The lowest BCUT2D eigenvalue weighted by Crippen LogP contribution is -2.52. The number of hydrogen-bond donors (Lipinski definition) is 4. The van der Waals surface area contributed by atoms with Gasteiger partial charge in [0.25, 0.3) is 0 Å². The molecular weight excluding hydrogens is 494 g/mol. The molecule has 204 valence electrons. The van der Waals surface area contributed by atoms with Gasteiger partial charge in [-0.1, -0.05) is 78.9 Å². The Hall–Kier alpha value is -4.17. The van der Waals surface area contributed by atoms with Gasteiger partial charge in [0.2, 0.25) is 5.91 Å². The number of benzene rings is 3. The molecule has 8 heteroatoms. The third kappa shape index (κ3) is 7.23. The Morgan fingerprint density at radius 3 is 2.05 bits per heavy atom. The zero-order valence-electron chi connectivity index (χ0n) is 22.1. The lowest BCUT2D eigenvalue weighted by atomic mass is 9.98. The van der Waals surface area contributed by atoms with E-state index in [1.165, 1.54) is 0 Å². The van der Waals surface area contributed by atoms with Gasteiger partial charge < -0.3 is 25.8 Å². The second kappa shape index (κ2) is 13.6. The van der Waals surface area contributed by atoms with Gasteiger partial charge in [-0.15, -0.1) is 0 Å². The summed E-state index contributed by atoms with van der Waals surface area (Å²) < 4.78 is 5.65. The Bertz CT molecular complexity index is 1230. The van der Waals surface area contributed by atoms with Crippen LogP contribution in [-0.2, 0) is 20.7 Å². The van der Waals surface area contributed by atoms with E-state index in [0.29, 0.717) is 12.8 Å². The van der Waals surface area contributed by atoms with E-state index in [1.54, 1.807) is 0 Å². The summed E-state index contributed by atoms with van der Waals surface area (Å²) in [4.78, 5) is 38.0. The number of ether oxygens (including phenoxy) is 1. The summed E-state index contributed by atoms with van der Waals surface area (Å²) in [6.07, 6.45) is 1.20. The maximum absolute atomic E-state index is 13.2. The fourth-order valence-corrected chi connectivity index (χ4v) is 5.02. The molecule has 2 amide bonds. The van der Waals surface area contributed by atoms with E-state index in [1.807, 2.05) is 73.8 Å². The van der Waals surface area contributed by atoms with E-state index in [2.05, 4.69) is 28.1 Å². The quantitative estimate of drug-likeness (QED) is 0.248. The van der Waals surface area contributed by atoms with E-state index >= 15 is 0 Å². The first kappa shape index (κ1) is 27.9. The summed E-state index contributed by atoms with van der Waals surface area (Å²) in [5.74, 6) is -1.78. The van der Waals surface area contributed by atoms with Crippen molar-refractivity contribution in [2.75, 3.05) is 20.2 Å². The third-order valence-corrected chi connectivity index (χ3v) is 7.02. The second-order valence-corrected chi connectivity index (χ2v) is 9.71. The molecule has 8 nitrogen and oxygen atoms in total. The maximum Gasteiger partial charge on any atom is 0.407 e. The van der Waals surface area contributed by atoms with Crippen LogP contribution >= 0.6 is 0 Å². The summed E-state index contributed by atoms with van der Waals surface area (Å²) in [5, 5.41) is 18.0. The molecule has 1 aliphatic carbocycles. The summed E-state index contributed by atoms with van der Waals surface area (Å²) in [7, 11) is 1.83. The van der Waals surface area contributed by atoms with Gasteiger partial charge in [-0.25, -0.2) is 9.59 Å². The van der Waals surface area contributed by atoms with Crippen molar-refractivity contribution >= 4 is 18.0 Å². The van der Waals surface area contributed by atoms with Gasteiger partial charge in [0.15, 0.2) is 0 Å². The second-order valence-electron chi connectivity index (χ2n) is 9.71. The highest BCUT2D eigenvalue weighted by molar-refractivity contribution is 5.89. The number of carbonyl (C=O) groups is 3. The average Bonchev–Trinajstić information content (AvgIpc) is 3.27. The fourth-order valence-electron chi connectivity index (χ4n) is 5.02. The first-order valence-corrected chi connectivity index (χ1v) is 13.3. The SMILES string of the molecule is CNCCCC[C@H](NC(=O)[C@@H](Cc1ccccc1)NC(=O)OCC1c2ccccc2-c2ccccc21)C(=O)O. The minimum Gasteiger partial charge on any atom is -0.480 e. The highest BCUT2D eigenvalue weighted by atomic mass is 16.5. The Kier molecular flexibility index (Phi) is 9.69. The number of alkyl carbamates (subject to hydrolysis) is 1. The number of hydrogen-bond acceptors (Lipinski definition) is 5. The monoisotopic (exact) mass is 529 g/mol. The van der Waals surface area contributed by atoms with Gasteiger partial charge in [0.05, 0.1) is 0 Å². The van der Waals surface area contributed by atoms with Gasteiger partial charge in [-0.3, -0.25) is 4.79 Å². The molecule has 0 spiro atoms. The molecule has 4 N–H and O–H groups in total. The van der Waals surface area contributed by atoms with E-state index in [0.717, 1.165) is 40.8 Å². The number of nitrogens with one attached hydrogen (secondary N) is 3. The first-order chi connectivity index (χ1) is 19.0. The molecule has 0 saturated heterocycles. The van der Waals surface area contributed by atoms with Crippen LogP contribution in [0.2, 0.25) is 0 Å². The zero-order chi connectivity index (χ0) is 27.6. The normalized spacial score (nSPS) is 13.6. The standard InChI is InChI=1S/C31H35N3O5/c1-32-18-10-9-17-27(30(36)37)33-29(35)28(19-21-11-3-2-4-12-21)34-31(38)39-20-26-24-15-7-5-13-22(24)23-14-6-8-16-25(23)26/h2-8,11-16,26-28,32H,9-10,17-20H2,1H3,(H,33,35)(H,34,38)(H,36,37)/t27-,28+/m0/s1. The average molecular weight is 530 g/mol. The van der Waals surface area contributed by atoms with Crippen LogP contribution in [0.4, 0.5) is 4.79 Å². The van der Waals surface area contributed by atoms with Crippen LogP contribution < -0.4 is 16.0 Å². The molecule has 0 fully saturated rings. The summed E-state index contributed by atoms with van der Waals surface area (Å²) in [5.41, 5.74) is 5.26. The van der Waals surface area contributed by atoms with Gasteiger partial charge in [0, 0.05) is 12.3 Å². The number of aliphatic carboxylic acids is 1. The number of amides is 2. The van der Waals surface area contributed by atoms with Crippen molar-refractivity contribution in [3.05, 3.63) is 95.6 Å². The molecule has 0 saturated carbocycles. The third-order valence-electron chi connectivity index (χ3n) is 7.02. The molecule has 0 heterocycles. The largest absolute Gasteiger partial charge is 0.480 e. The lowest BCUT2D eigenvalue weighted by molar-refractivity contribution is -0.142. The molecule has 1 aliphatic rings. The topological polar surface area (TPSA) is 117 Å². The molecular formula is C31H35N3O5. The van der Waals surface area contributed by atoms with Crippen LogP contribution in [0.5, 0.6) is 0 Å². The molecule has 0 aromatic heterocycles. The van der Waals surface area contributed by atoms with Crippen LogP contribution in [0.1, 0.15) is 41.9 Å². The molecule has 2 atom stereocenters. The predicted octanol–water partition coefficient (Wildman–Crippen LogP) is 4.10. The van der Waals surface area contributed by atoms with Crippen LogP contribution in [0.25, 0.3) is 11.1 Å². The number of carboxylic acid groups (broad SMARTS) is 1. The Morgan fingerprint density at radius 1 is 0.821 bits per heavy atom. The van der Waals surface area contributed by atoms with Gasteiger partial charge in [-0.05, 0) is 60.7 Å². The Balaban J connectivity index is 1.43. The van der Waals surface area contributed by atoms with Gasteiger partial charge in [-0.2, -0.15) is 0 Å². The van der Waals surface area contributed by atoms with Gasteiger partial charge in [0.1, 0.15) is 18.7 Å². The van der Waals surface area contributed by atoms with Crippen LogP contribution in [0.3, 0.4) is 0 Å². The predicted molar refractivity (Wildman–Crippen MR) is 149 cm³/mol.